The number of aliphatic imine (C=N–C) groups is 1. The lowest BCUT2D eigenvalue weighted by Crippen LogP contribution is -2.29. The zero-order chi connectivity index (χ0) is 15.8. The second-order valence-corrected chi connectivity index (χ2v) is 7.02. The van der Waals surface area contributed by atoms with Gasteiger partial charge in [-0.2, -0.15) is 11.3 Å². The summed E-state index contributed by atoms with van der Waals surface area (Å²) in [6, 6.07) is 6.85. The minimum Gasteiger partial charge on any atom is -0.493 e. The Morgan fingerprint density at radius 2 is 1.87 bits per heavy atom. The number of nitrogens with zero attached hydrogens (tertiary/aromatic N) is 1. The van der Waals surface area contributed by atoms with Gasteiger partial charge in [0.05, 0.1) is 26.0 Å². The van der Waals surface area contributed by atoms with E-state index in [4.69, 9.17) is 14.5 Å². The second-order valence-electron chi connectivity index (χ2n) is 6.24. The summed E-state index contributed by atoms with van der Waals surface area (Å²) in [5.74, 6) is 2.12. The summed E-state index contributed by atoms with van der Waals surface area (Å²) in [5.41, 5.74) is 4.92. The van der Waals surface area contributed by atoms with Crippen molar-refractivity contribution >= 4 is 17.0 Å². The molecule has 3 nitrogen and oxygen atoms in total. The molecule has 0 spiro atoms. The number of benzene rings is 1. The van der Waals surface area contributed by atoms with Crippen molar-refractivity contribution in [3.8, 4) is 11.5 Å². The van der Waals surface area contributed by atoms with Gasteiger partial charge in [-0.15, -0.1) is 0 Å². The van der Waals surface area contributed by atoms with Crippen molar-refractivity contribution in [2.75, 3.05) is 14.2 Å². The van der Waals surface area contributed by atoms with E-state index in [-0.39, 0.29) is 0 Å². The van der Waals surface area contributed by atoms with Gasteiger partial charge in [0.15, 0.2) is 11.5 Å². The molecule has 1 fully saturated rings. The van der Waals surface area contributed by atoms with E-state index >= 15 is 0 Å². The van der Waals surface area contributed by atoms with E-state index in [1.807, 2.05) is 0 Å². The number of ether oxygens (including phenoxy) is 2. The molecule has 4 rings (SSSR count). The monoisotopic (exact) mass is 327 g/mol. The molecule has 1 aliphatic carbocycles. The van der Waals surface area contributed by atoms with E-state index in [2.05, 4.69) is 29.0 Å². The zero-order valence-electron chi connectivity index (χ0n) is 13.5. The Labute approximate surface area is 141 Å². The number of hydrogen-bond donors (Lipinski definition) is 0. The summed E-state index contributed by atoms with van der Waals surface area (Å²) in [7, 11) is 3.40. The van der Waals surface area contributed by atoms with Crippen LogP contribution in [-0.4, -0.2) is 26.0 Å². The van der Waals surface area contributed by atoms with Gasteiger partial charge in [0.1, 0.15) is 0 Å². The van der Waals surface area contributed by atoms with Gasteiger partial charge < -0.3 is 9.47 Å². The normalized spacial score (nSPS) is 22.8. The average Bonchev–Trinajstić information content (AvgIpc) is 3.14. The number of rotatable bonds is 3. The third kappa shape index (κ3) is 2.45. The van der Waals surface area contributed by atoms with E-state index in [1.165, 1.54) is 42.4 Å². The fourth-order valence-electron chi connectivity index (χ4n) is 3.90. The van der Waals surface area contributed by atoms with Crippen LogP contribution >= 0.6 is 11.3 Å². The van der Waals surface area contributed by atoms with Gasteiger partial charge in [-0.1, -0.05) is 12.8 Å². The molecule has 2 aliphatic rings. The molecule has 0 radical (unpaired) electrons. The molecule has 120 valence electrons. The number of thiophene rings is 1. The third-order valence-corrected chi connectivity index (χ3v) is 5.71. The number of fused-ring (bicyclic) bond motifs is 3. The van der Waals surface area contributed by atoms with Gasteiger partial charge in [-0.25, -0.2) is 0 Å². The molecule has 4 heteroatoms. The van der Waals surface area contributed by atoms with E-state index < -0.39 is 0 Å². The highest BCUT2D eigenvalue weighted by molar-refractivity contribution is 7.08. The lowest BCUT2D eigenvalue weighted by molar-refractivity contribution is 0.349. The molecule has 1 aromatic heterocycles. The predicted molar refractivity (Wildman–Crippen MR) is 94.5 cm³/mol. The van der Waals surface area contributed by atoms with Crippen LogP contribution in [0.2, 0.25) is 0 Å². The smallest absolute Gasteiger partial charge is 0.161 e. The van der Waals surface area contributed by atoms with Gasteiger partial charge in [0.2, 0.25) is 0 Å². The molecule has 2 heterocycles. The third-order valence-electron chi connectivity index (χ3n) is 5.03. The van der Waals surface area contributed by atoms with Crippen molar-refractivity contribution in [1.82, 2.24) is 0 Å². The maximum absolute atomic E-state index is 5.55. The van der Waals surface area contributed by atoms with Gasteiger partial charge >= 0.3 is 0 Å². The Morgan fingerprint density at radius 1 is 1.09 bits per heavy atom. The van der Waals surface area contributed by atoms with Crippen molar-refractivity contribution < 1.29 is 9.47 Å². The zero-order valence-corrected chi connectivity index (χ0v) is 14.4. The number of methoxy groups -OCH3 is 2. The van der Waals surface area contributed by atoms with Gasteiger partial charge in [-0.3, -0.25) is 4.99 Å². The summed E-state index contributed by atoms with van der Waals surface area (Å²) in [6.45, 7) is 0. The first kappa shape index (κ1) is 14.8. The fraction of sp³-hybridized carbons (Fsp3) is 0.421. The summed E-state index contributed by atoms with van der Waals surface area (Å²) in [5, 5.41) is 4.30. The molecule has 23 heavy (non-hydrogen) atoms. The lowest BCUT2D eigenvalue weighted by Gasteiger charge is -2.35. The maximum Gasteiger partial charge on any atom is 0.161 e. The van der Waals surface area contributed by atoms with E-state index in [9.17, 15) is 0 Å². The minimum atomic E-state index is 0.407. The first-order chi connectivity index (χ1) is 11.3. The predicted octanol–water partition coefficient (Wildman–Crippen LogP) is 4.64. The first-order valence-electron chi connectivity index (χ1n) is 8.18. The fourth-order valence-corrected chi connectivity index (χ4v) is 4.54. The van der Waals surface area contributed by atoms with Crippen LogP contribution in [0, 0.1) is 0 Å². The van der Waals surface area contributed by atoms with Crippen LogP contribution in [0.4, 0.5) is 0 Å². The highest BCUT2D eigenvalue weighted by Crippen LogP contribution is 2.44. The Kier molecular flexibility index (Phi) is 3.85. The molecule has 0 saturated heterocycles. The molecular weight excluding hydrogens is 306 g/mol. The van der Waals surface area contributed by atoms with Gasteiger partial charge in [0, 0.05) is 22.4 Å². The Balaban J connectivity index is 1.91. The van der Waals surface area contributed by atoms with Crippen molar-refractivity contribution in [3.05, 3.63) is 45.6 Å². The summed E-state index contributed by atoms with van der Waals surface area (Å²) in [4.78, 5) is 5.15. The topological polar surface area (TPSA) is 30.8 Å². The lowest BCUT2D eigenvalue weighted by atomic mass is 9.75. The molecule has 2 atom stereocenters. The molecule has 2 aromatic rings. The SMILES string of the molecule is COc1cc2c(cc1OC)C1CCCCC1N=C2c1ccsc1. The van der Waals surface area contributed by atoms with Crippen LogP contribution in [0.15, 0.2) is 34.0 Å². The molecule has 0 N–H and O–H groups in total. The van der Waals surface area contributed by atoms with Gasteiger partial charge in [-0.05, 0) is 42.0 Å². The second kappa shape index (κ2) is 6.00. The molecule has 1 aromatic carbocycles. The standard InChI is InChI=1S/C19H21NO2S/c1-21-17-9-14-13-5-3-4-6-16(13)20-19(12-7-8-23-11-12)15(14)10-18(17)22-2/h7-11,13,16H,3-6H2,1-2H3. The Hall–Kier alpha value is -1.81. The van der Waals surface area contributed by atoms with Crippen LogP contribution in [0.1, 0.15) is 48.3 Å². The summed E-state index contributed by atoms with van der Waals surface area (Å²) in [6.07, 6.45) is 4.97. The average molecular weight is 327 g/mol. The molecule has 2 unspecified atom stereocenters. The van der Waals surface area contributed by atoms with E-state index in [0.717, 1.165) is 17.2 Å². The highest BCUT2D eigenvalue weighted by atomic mass is 32.1. The van der Waals surface area contributed by atoms with E-state index in [0.29, 0.717) is 12.0 Å². The van der Waals surface area contributed by atoms with Crippen molar-refractivity contribution in [2.45, 2.75) is 37.6 Å². The molecule has 0 bridgehead atoms. The summed E-state index contributed by atoms with van der Waals surface area (Å²) < 4.78 is 11.1. The minimum absolute atomic E-state index is 0.407. The van der Waals surface area contributed by atoms with Crippen LogP contribution in [0.3, 0.4) is 0 Å². The van der Waals surface area contributed by atoms with Crippen LogP contribution in [-0.2, 0) is 0 Å². The molecule has 1 saturated carbocycles. The largest absolute Gasteiger partial charge is 0.493 e. The van der Waals surface area contributed by atoms with Crippen molar-refractivity contribution in [1.29, 1.82) is 0 Å². The summed E-state index contributed by atoms with van der Waals surface area (Å²) >= 11 is 1.72. The van der Waals surface area contributed by atoms with Crippen LogP contribution in [0.25, 0.3) is 0 Å². The highest BCUT2D eigenvalue weighted by Gasteiger charge is 2.34. The number of hydrogen-bond acceptors (Lipinski definition) is 4. The van der Waals surface area contributed by atoms with Crippen molar-refractivity contribution in [2.24, 2.45) is 4.99 Å². The Bertz CT molecular complexity index is 736. The van der Waals surface area contributed by atoms with Crippen LogP contribution in [0.5, 0.6) is 11.5 Å². The van der Waals surface area contributed by atoms with E-state index in [1.54, 1.807) is 25.6 Å². The molecule has 1 aliphatic heterocycles. The van der Waals surface area contributed by atoms with Gasteiger partial charge in [0.25, 0.3) is 0 Å². The Morgan fingerprint density at radius 3 is 2.61 bits per heavy atom. The molecule has 0 amide bonds. The van der Waals surface area contributed by atoms with Crippen molar-refractivity contribution in [3.63, 3.8) is 0 Å². The first-order valence-corrected chi connectivity index (χ1v) is 9.12. The quantitative estimate of drug-likeness (QED) is 0.822. The maximum atomic E-state index is 5.55. The molecular formula is C19H21NO2S. The van der Waals surface area contributed by atoms with Crippen LogP contribution < -0.4 is 9.47 Å².